The van der Waals surface area contributed by atoms with Crippen molar-refractivity contribution in [2.45, 2.75) is 60.6 Å². The number of aromatic nitrogens is 2. The van der Waals surface area contributed by atoms with Gasteiger partial charge < -0.3 is 24.4 Å². The zero-order chi connectivity index (χ0) is 24.0. The molecule has 1 aromatic carbocycles. The van der Waals surface area contributed by atoms with E-state index in [2.05, 4.69) is 5.32 Å². The Morgan fingerprint density at radius 3 is 2.43 bits per heavy atom. The fourth-order valence-corrected chi connectivity index (χ4v) is 4.09. The fraction of sp³-hybridized carbons (Fsp3) is 0.577. The van der Waals surface area contributed by atoms with E-state index in [0.717, 1.165) is 34.0 Å². The predicted molar refractivity (Wildman–Crippen MR) is 138 cm³/mol. The second-order valence-corrected chi connectivity index (χ2v) is 7.93. The highest BCUT2D eigenvalue weighted by atomic mass is 19.1. The summed E-state index contributed by atoms with van der Waals surface area (Å²) in [6, 6.07) is 5.67. The average molecular weight is 493 g/mol. The number of likely N-dealkylation sites (tertiary alicyclic amines) is 1. The molecule has 35 heavy (non-hydrogen) atoms. The first-order valence-electron chi connectivity index (χ1n) is 11.3. The summed E-state index contributed by atoms with van der Waals surface area (Å²) in [7, 11) is 2.99. The maximum Gasteiger partial charge on any atom is 0.409 e. The Bertz CT molecular complexity index is 973. The second kappa shape index (κ2) is 13.8. The van der Waals surface area contributed by atoms with Crippen molar-refractivity contribution in [2.75, 3.05) is 45.9 Å². The SMILES string of the molecule is C.C.CCc1nc(-c2ccc(OC)cc2C)c(CC)nc1N[C@@H]1CN(C(=O)OC)C[C@@H]1OCCF. The van der Waals surface area contributed by atoms with Crippen molar-refractivity contribution in [3.63, 3.8) is 0 Å². The van der Waals surface area contributed by atoms with Gasteiger partial charge in [-0.2, -0.15) is 0 Å². The van der Waals surface area contributed by atoms with E-state index in [0.29, 0.717) is 31.7 Å². The molecular formula is C26H41FN4O4. The molecule has 0 aliphatic carbocycles. The third kappa shape index (κ3) is 6.81. The van der Waals surface area contributed by atoms with E-state index in [1.165, 1.54) is 7.11 Å². The van der Waals surface area contributed by atoms with Gasteiger partial charge >= 0.3 is 6.09 Å². The molecule has 1 aliphatic rings. The number of methoxy groups -OCH3 is 2. The number of carbonyl (C=O) groups is 1. The molecule has 2 heterocycles. The van der Waals surface area contributed by atoms with Crippen LogP contribution < -0.4 is 10.1 Å². The number of ether oxygens (including phenoxy) is 3. The number of halogens is 1. The van der Waals surface area contributed by atoms with Crippen LogP contribution in [0.25, 0.3) is 11.3 Å². The Balaban J connectivity index is 0.00000306. The van der Waals surface area contributed by atoms with Gasteiger partial charge in [-0.05, 0) is 43.5 Å². The van der Waals surface area contributed by atoms with Crippen molar-refractivity contribution in [1.82, 2.24) is 14.9 Å². The van der Waals surface area contributed by atoms with Crippen LogP contribution >= 0.6 is 0 Å². The third-order valence-electron chi connectivity index (χ3n) is 5.83. The molecule has 0 saturated carbocycles. The summed E-state index contributed by atoms with van der Waals surface area (Å²) >= 11 is 0. The number of rotatable bonds is 9. The summed E-state index contributed by atoms with van der Waals surface area (Å²) < 4.78 is 28.6. The lowest BCUT2D eigenvalue weighted by molar-refractivity contribution is 0.0443. The lowest BCUT2D eigenvalue weighted by atomic mass is 10.0. The summed E-state index contributed by atoms with van der Waals surface area (Å²) in [6.45, 7) is 6.18. The van der Waals surface area contributed by atoms with E-state index in [9.17, 15) is 9.18 Å². The van der Waals surface area contributed by atoms with Gasteiger partial charge in [-0.15, -0.1) is 0 Å². The Labute approximate surface area is 209 Å². The molecule has 3 rings (SSSR count). The summed E-state index contributed by atoms with van der Waals surface area (Å²) in [6.07, 6.45) is 0.563. The molecule has 0 unspecified atom stereocenters. The molecule has 9 heteroatoms. The molecule has 8 nitrogen and oxygen atoms in total. The number of carbonyl (C=O) groups excluding carboxylic acids is 1. The number of nitrogens with zero attached hydrogens (tertiary/aromatic N) is 3. The molecule has 1 amide bonds. The summed E-state index contributed by atoms with van der Waals surface area (Å²) in [5.41, 5.74) is 4.62. The predicted octanol–water partition coefficient (Wildman–Crippen LogP) is 5.07. The molecule has 1 N–H and O–H groups in total. The molecule has 196 valence electrons. The monoisotopic (exact) mass is 492 g/mol. The zero-order valence-electron chi connectivity index (χ0n) is 20.0. The van der Waals surface area contributed by atoms with Gasteiger partial charge in [-0.3, -0.25) is 0 Å². The molecule has 1 fully saturated rings. The first-order valence-corrected chi connectivity index (χ1v) is 11.3. The topological polar surface area (TPSA) is 85.8 Å². The van der Waals surface area contributed by atoms with Gasteiger partial charge in [-0.25, -0.2) is 19.2 Å². The van der Waals surface area contributed by atoms with Crippen LogP contribution in [0.2, 0.25) is 0 Å². The van der Waals surface area contributed by atoms with Gasteiger partial charge in [-0.1, -0.05) is 28.7 Å². The molecule has 1 aromatic heterocycles. The second-order valence-electron chi connectivity index (χ2n) is 7.93. The van der Waals surface area contributed by atoms with Gasteiger partial charge in [0.2, 0.25) is 0 Å². The number of hydrogen-bond donors (Lipinski definition) is 1. The largest absolute Gasteiger partial charge is 0.497 e. The fourth-order valence-electron chi connectivity index (χ4n) is 4.09. The van der Waals surface area contributed by atoms with E-state index >= 15 is 0 Å². The number of aryl methyl sites for hydroxylation is 3. The standard InChI is InChI=1S/C24H33FN4O4.2CH4/c1-6-18-22(17-9-8-16(31-4)12-15(17)3)26-19(7-2)23(27-18)28-20-13-29(24(30)32-5)14-21(20)33-11-10-25;;/h8-9,12,20-21H,6-7,10-11,13-14H2,1-5H3,(H,27,28);2*1H4/t20-,21+;;/m1../s1. The van der Waals surface area contributed by atoms with Gasteiger partial charge in [0.05, 0.1) is 56.6 Å². The molecule has 2 atom stereocenters. The normalized spacial score (nSPS) is 16.8. The summed E-state index contributed by atoms with van der Waals surface area (Å²) in [4.78, 5) is 23.5. The minimum absolute atomic E-state index is 0. The Hall–Kier alpha value is -2.94. The van der Waals surface area contributed by atoms with Crippen molar-refractivity contribution in [3.05, 3.63) is 35.2 Å². The summed E-state index contributed by atoms with van der Waals surface area (Å²) in [5.74, 6) is 1.46. The van der Waals surface area contributed by atoms with Gasteiger partial charge in [0, 0.05) is 12.1 Å². The van der Waals surface area contributed by atoms with E-state index in [4.69, 9.17) is 24.2 Å². The number of alkyl halides is 1. The maximum atomic E-state index is 12.7. The molecule has 0 radical (unpaired) electrons. The Kier molecular flexibility index (Phi) is 11.9. The number of benzene rings is 1. The highest BCUT2D eigenvalue weighted by Crippen LogP contribution is 2.30. The number of amides is 1. The van der Waals surface area contributed by atoms with Crippen LogP contribution in [-0.4, -0.2) is 73.7 Å². The van der Waals surface area contributed by atoms with Crippen molar-refractivity contribution in [3.8, 4) is 17.0 Å². The van der Waals surface area contributed by atoms with Crippen LogP contribution in [0.3, 0.4) is 0 Å². The highest BCUT2D eigenvalue weighted by Gasteiger charge is 2.37. The Morgan fingerprint density at radius 1 is 1.14 bits per heavy atom. The lowest BCUT2D eigenvalue weighted by Gasteiger charge is -2.22. The molecular weight excluding hydrogens is 451 g/mol. The van der Waals surface area contributed by atoms with E-state index in [1.54, 1.807) is 12.0 Å². The minimum atomic E-state index is -0.586. The van der Waals surface area contributed by atoms with Gasteiger partial charge in [0.15, 0.2) is 0 Å². The lowest BCUT2D eigenvalue weighted by Crippen LogP contribution is -2.36. The number of anilines is 1. The van der Waals surface area contributed by atoms with Crippen molar-refractivity contribution in [2.24, 2.45) is 0 Å². The smallest absolute Gasteiger partial charge is 0.409 e. The van der Waals surface area contributed by atoms with E-state index < -0.39 is 12.8 Å². The van der Waals surface area contributed by atoms with Crippen LogP contribution in [0.15, 0.2) is 18.2 Å². The minimum Gasteiger partial charge on any atom is -0.497 e. The number of hydrogen-bond acceptors (Lipinski definition) is 7. The summed E-state index contributed by atoms with van der Waals surface area (Å²) in [5, 5.41) is 3.42. The first kappa shape index (κ1) is 30.1. The first-order chi connectivity index (χ1) is 15.9. The van der Waals surface area contributed by atoms with Crippen molar-refractivity contribution in [1.29, 1.82) is 0 Å². The molecule has 0 bridgehead atoms. The van der Waals surface area contributed by atoms with Crippen LogP contribution in [0.5, 0.6) is 5.75 Å². The van der Waals surface area contributed by atoms with Crippen LogP contribution in [0.4, 0.5) is 15.0 Å². The van der Waals surface area contributed by atoms with Gasteiger partial charge in [0.1, 0.15) is 18.2 Å². The highest BCUT2D eigenvalue weighted by molar-refractivity contribution is 5.69. The quantitative estimate of drug-likeness (QED) is 0.523. The molecule has 2 aromatic rings. The zero-order valence-corrected chi connectivity index (χ0v) is 20.0. The van der Waals surface area contributed by atoms with E-state index in [1.807, 2.05) is 39.0 Å². The van der Waals surface area contributed by atoms with Crippen LogP contribution in [-0.2, 0) is 22.3 Å². The molecule has 0 spiro atoms. The molecule has 1 saturated heterocycles. The average Bonchev–Trinajstić information content (AvgIpc) is 3.24. The van der Waals surface area contributed by atoms with Crippen LogP contribution in [0, 0.1) is 6.92 Å². The maximum absolute atomic E-state index is 12.7. The Morgan fingerprint density at radius 2 is 1.86 bits per heavy atom. The van der Waals surface area contributed by atoms with Gasteiger partial charge in [0.25, 0.3) is 0 Å². The van der Waals surface area contributed by atoms with Crippen molar-refractivity contribution >= 4 is 11.9 Å². The van der Waals surface area contributed by atoms with Crippen molar-refractivity contribution < 1.29 is 23.4 Å². The number of nitrogens with one attached hydrogen (secondary N) is 1. The molecule has 1 aliphatic heterocycles. The van der Waals surface area contributed by atoms with E-state index in [-0.39, 0.29) is 33.6 Å². The van der Waals surface area contributed by atoms with Crippen LogP contribution in [0.1, 0.15) is 45.7 Å². The third-order valence-corrected chi connectivity index (χ3v) is 5.83.